The molecule has 0 fully saturated rings. The van der Waals surface area contributed by atoms with Gasteiger partial charge in [-0.25, -0.2) is 0 Å². The maximum atomic E-state index is 11.1. The van der Waals surface area contributed by atoms with Gasteiger partial charge in [0, 0.05) is 6.54 Å². The van der Waals surface area contributed by atoms with Crippen LogP contribution in [-0.2, 0) is 4.79 Å². The van der Waals surface area contributed by atoms with Crippen molar-refractivity contribution >= 4 is 5.97 Å². The molecule has 0 bridgehead atoms. The van der Waals surface area contributed by atoms with Crippen LogP contribution in [0.15, 0.2) is 30.3 Å². The molecule has 0 radical (unpaired) electrons. The van der Waals surface area contributed by atoms with Crippen LogP contribution in [0, 0.1) is 11.3 Å². The van der Waals surface area contributed by atoms with Crippen LogP contribution in [0.2, 0.25) is 0 Å². The van der Waals surface area contributed by atoms with E-state index in [1.165, 1.54) is 5.56 Å². The van der Waals surface area contributed by atoms with Gasteiger partial charge < -0.3 is 10.4 Å². The van der Waals surface area contributed by atoms with E-state index < -0.39 is 11.4 Å². The fraction of sp³-hybridized carbons (Fsp3) is 0.588. The van der Waals surface area contributed by atoms with Gasteiger partial charge in [-0.3, -0.25) is 4.79 Å². The molecule has 0 spiro atoms. The zero-order valence-corrected chi connectivity index (χ0v) is 13.0. The number of carboxylic acid groups (broad SMARTS) is 1. The molecule has 1 aromatic carbocycles. The number of nitrogens with one attached hydrogen (secondary N) is 1. The van der Waals surface area contributed by atoms with E-state index in [9.17, 15) is 4.79 Å². The Kier molecular flexibility index (Phi) is 6.21. The number of carboxylic acids is 1. The highest BCUT2D eigenvalue weighted by Gasteiger charge is 2.26. The summed E-state index contributed by atoms with van der Waals surface area (Å²) in [5, 5.41) is 12.5. The molecule has 0 heterocycles. The molecule has 0 aromatic heterocycles. The number of hydrogen-bond donors (Lipinski definition) is 2. The summed E-state index contributed by atoms with van der Waals surface area (Å²) in [7, 11) is 0. The van der Waals surface area contributed by atoms with Crippen molar-refractivity contribution in [1.29, 1.82) is 0 Å². The van der Waals surface area contributed by atoms with Gasteiger partial charge in [-0.15, -0.1) is 0 Å². The van der Waals surface area contributed by atoms with Crippen molar-refractivity contribution in [2.75, 3.05) is 13.1 Å². The summed E-state index contributed by atoms with van der Waals surface area (Å²) < 4.78 is 0. The lowest BCUT2D eigenvalue weighted by Gasteiger charge is -2.24. The maximum absolute atomic E-state index is 11.1. The second-order valence-corrected chi connectivity index (χ2v) is 6.40. The maximum Gasteiger partial charge on any atom is 0.309 e. The molecule has 1 rings (SSSR count). The summed E-state index contributed by atoms with van der Waals surface area (Å²) in [6.45, 7) is 9.61. The number of carbonyl (C=O) groups is 1. The Balaban J connectivity index is 2.48. The molecule has 1 unspecified atom stereocenters. The van der Waals surface area contributed by atoms with E-state index in [-0.39, 0.29) is 0 Å². The minimum atomic E-state index is -0.734. The smallest absolute Gasteiger partial charge is 0.309 e. The van der Waals surface area contributed by atoms with Crippen LogP contribution in [0.3, 0.4) is 0 Å². The van der Waals surface area contributed by atoms with Crippen molar-refractivity contribution < 1.29 is 9.90 Å². The lowest BCUT2D eigenvalue weighted by atomic mass is 9.87. The molecule has 0 amide bonds. The number of benzene rings is 1. The first kappa shape index (κ1) is 16.7. The van der Waals surface area contributed by atoms with E-state index in [0.717, 1.165) is 13.1 Å². The second kappa shape index (κ2) is 7.44. The van der Waals surface area contributed by atoms with Crippen LogP contribution in [0.1, 0.15) is 45.6 Å². The number of hydrogen-bond acceptors (Lipinski definition) is 2. The lowest BCUT2D eigenvalue weighted by molar-refractivity contribution is -0.147. The van der Waals surface area contributed by atoms with Gasteiger partial charge in [0.25, 0.3) is 0 Å². The third kappa shape index (κ3) is 4.97. The van der Waals surface area contributed by atoms with Crippen LogP contribution in [0.4, 0.5) is 0 Å². The predicted molar refractivity (Wildman–Crippen MR) is 82.9 cm³/mol. The van der Waals surface area contributed by atoms with Crippen LogP contribution in [0.5, 0.6) is 0 Å². The van der Waals surface area contributed by atoms with Gasteiger partial charge in [-0.1, -0.05) is 44.2 Å². The highest BCUT2D eigenvalue weighted by molar-refractivity contribution is 5.73. The average molecular weight is 277 g/mol. The molecule has 0 saturated heterocycles. The quantitative estimate of drug-likeness (QED) is 0.715. The minimum Gasteiger partial charge on any atom is -0.481 e. The van der Waals surface area contributed by atoms with Gasteiger partial charge in [-0.2, -0.15) is 0 Å². The van der Waals surface area contributed by atoms with Gasteiger partial charge in [0.2, 0.25) is 0 Å². The topological polar surface area (TPSA) is 49.3 Å². The zero-order chi connectivity index (χ0) is 15.2. The summed E-state index contributed by atoms with van der Waals surface area (Å²) in [6, 6.07) is 10.5. The Labute approximate surface area is 122 Å². The second-order valence-electron chi connectivity index (χ2n) is 6.40. The van der Waals surface area contributed by atoms with E-state index in [2.05, 4.69) is 43.4 Å². The van der Waals surface area contributed by atoms with Gasteiger partial charge in [0.1, 0.15) is 0 Å². The van der Waals surface area contributed by atoms with Gasteiger partial charge in [-0.05, 0) is 44.2 Å². The molecule has 1 aromatic rings. The van der Waals surface area contributed by atoms with Crippen molar-refractivity contribution in [1.82, 2.24) is 5.32 Å². The fourth-order valence-electron chi connectivity index (χ4n) is 2.20. The number of rotatable bonds is 8. The third-order valence-electron chi connectivity index (χ3n) is 3.90. The largest absolute Gasteiger partial charge is 0.481 e. The molecule has 2 N–H and O–H groups in total. The first-order valence-corrected chi connectivity index (χ1v) is 7.33. The van der Waals surface area contributed by atoms with Gasteiger partial charge >= 0.3 is 5.97 Å². The molecule has 0 aliphatic rings. The molecule has 112 valence electrons. The van der Waals surface area contributed by atoms with Crippen molar-refractivity contribution in [2.45, 2.75) is 40.0 Å². The molecule has 3 heteroatoms. The SMILES string of the molecule is CC(C)C(CNCCC(C)(C)C(=O)O)c1ccccc1. The van der Waals surface area contributed by atoms with Crippen LogP contribution in [-0.4, -0.2) is 24.2 Å². The molecular formula is C17H27NO2. The first-order chi connectivity index (χ1) is 9.34. The molecule has 0 aliphatic heterocycles. The van der Waals surface area contributed by atoms with E-state index in [1.807, 2.05) is 6.07 Å². The van der Waals surface area contributed by atoms with E-state index in [4.69, 9.17) is 5.11 Å². The average Bonchev–Trinajstić information content (AvgIpc) is 2.39. The van der Waals surface area contributed by atoms with Gasteiger partial charge in [0.05, 0.1) is 5.41 Å². The van der Waals surface area contributed by atoms with Crippen molar-refractivity contribution in [3.8, 4) is 0 Å². The molecule has 0 aliphatic carbocycles. The van der Waals surface area contributed by atoms with Gasteiger partial charge in [0.15, 0.2) is 0 Å². The predicted octanol–water partition coefficient (Wildman–Crippen LogP) is 3.52. The van der Waals surface area contributed by atoms with Crippen LogP contribution >= 0.6 is 0 Å². The van der Waals surface area contributed by atoms with E-state index >= 15 is 0 Å². The highest BCUT2D eigenvalue weighted by Crippen LogP contribution is 2.24. The Morgan fingerprint density at radius 2 is 1.85 bits per heavy atom. The summed E-state index contributed by atoms with van der Waals surface area (Å²) in [6.07, 6.45) is 0.641. The summed E-state index contributed by atoms with van der Waals surface area (Å²) in [5.41, 5.74) is 0.681. The van der Waals surface area contributed by atoms with Crippen LogP contribution in [0.25, 0.3) is 0 Å². The Hall–Kier alpha value is -1.35. The van der Waals surface area contributed by atoms with Crippen molar-refractivity contribution in [2.24, 2.45) is 11.3 Å². The Morgan fingerprint density at radius 3 is 2.35 bits per heavy atom. The summed E-state index contributed by atoms with van der Waals surface area (Å²) in [4.78, 5) is 11.1. The van der Waals surface area contributed by atoms with Crippen molar-refractivity contribution in [3.63, 3.8) is 0 Å². The molecule has 0 saturated carbocycles. The monoisotopic (exact) mass is 277 g/mol. The minimum absolute atomic E-state index is 0.462. The first-order valence-electron chi connectivity index (χ1n) is 7.33. The van der Waals surface area contributed by atoms with E-state index in [1.54, 1.807) is 13.8 Å². The Bertz CT molecular complexity index is 412. The Morgan fingerprint density at radius 1 is 1.25 bits per heavy atom. The lowest BCUT2D eigenvalue weighted by Crippen LogP contribution is -2.31. The fourth-order valence-corrected chi connectivity index (χ4v) is 2.20. The van der Waals surface area contributed by atoms with Crippen LogP contribution < -0.4 is 5.32 Å². The molecule has 1 atom stereocenters. The standard InChI is InChI=1S/C17H27NO2/c1-13(2)15(14-8-6-5-7-9-14)12-18-11-10-17(3,4)16(19)20/h5-9,13,15,18H,10-12H2,1-4H3,(H,19,20). The highest BCUT2D eigenvalue weighted by atomic mass is 16.4. The normalized spacial score (nSPS) is 13.4. The summed E-state index contributed by atoms with van der Waals surface area (Å²) >= 11 is 0. The zero-order valence-electron chi connectivity index (χ0n) is 13.0. The summed E-state index contributed by atoms with van der Waals surface area (Å²) in [5.74, 6) is 0.282. The molecule has 3 nitrogen and oxygen atoms in total. The van der Waals surface area contributed by atoms with Crippen molar-refractivity contribution in [3.05, 3.63) is 35.9 Å². The third-order valence-corrected chi connectivity index (χ3v) is 3.90. The number of aliphatic carboxylic acids is 1. The molecule has 20 heavy (non-hydrogen) atoms. The molecular weight excluding hydrogens is 250 g/mol. The van der Waals surface area contributed by atoms with E-state index in [0.29, 0.717) is 18.3 Å².